The third-order valence-corrected chi connectivity index (χ3v) is 5.52. The lowest BCUT2D eigenvalue weighted by Gasteiger charge is -2.41. The minimum absolute atomic E-state index is 0.0912. The monoisotopic (exact) mass is 353 g/mol. The van der Waals surface area contributed by atoms with Gasteiger partial charge in [0.15, 0.2) is 0 Å². The SMILES string of the molecule is CCc1ccc([C@H]2C(C(=O)OC)=C(C)N=C3CC(C)(C)CC(=O)C32)cc1. The standard InChI is InChI=1S/C22H27NO3/c1-6-14-7-9-15(10-8-14)19-18(21(25)26-5)13(2)23-16-11-22(3,4)12-17(24)20(16)19/h7-10,19-20H,6,11-12H2,1-5H3/t19-,20?/m0/s1. The Morgan fingerprint density at radius 3 is 2.42 bits per heavy atom. The Hall–Kier alpha value is -2.23. The van der Waals surface area contributed by atoms with Gasteiger partial charge >= 0.3 is 5.97 Å². The largest absolute Gasteiger partial charge is 0.466 e. The summed E-state index contributed by atoms with van der Waals surface area (Å²) in [5, 5.41) is 0. The van der Waals surface area contributed by atoms with E-state index >= 15 is 0 Å². The minimum atomic E-state index is -0.396. The molecular formula is C22H27NO3. The summed E-state index contributed by atoms with van der Waals surface area (Å²) in [7, 11) is 1.38. The van der Waals surface area contributed by atoms with Gasteiger partial charge in [0.2, 0.25) is 0 Å². The van der Waals surface area contributed by atoms with E-state index in [1.165, 1.54) is 12.7 Å². The number of nitrogens with zero attached hydrogens (tertiary/aromatic N) is 1. The average molecular weight is 353 g/mol. The second-order valence-electron chi connectivity index (χ2n) is 8.13. The topological polar surface area (TPSA) is 55.7 Å². The van der Waals surface area contributed by atoms with Crippen molar-refractivity contribution in [2.24, 2.45) is 16.3 Å². The molecule has 0 bridgehead atoms. The van der Waals surface area contributed by atoms with Crippen molar-refractivity contribution in [1.29, 1.82) is 0 Å². The lowest BCUT2D eigenvalue weighted by Crippen LogP contribution is -2.44. The maximum absolute atomic E-state index is 13.1. The molecule has 2 atom stereocenters. The first-order valence-electron chi connectivity index (χ1n) is 9.25. The van der Waals surface area contributed by atoms with E-state index in [9.17, 15) is 9.59 Å². The van der Waals surface area contributed by atoms with Gasteiger partial charge in [0.25, 0.3) is 0 Å². The van der Waals surface area contributed by atoms with Crippen molar-refractivity contribution in [3.8, 4) is 0 Å². The predicted molar refractivity (Wildman–Crippen MR) is 102 cm³/mol. The number of ketones is 1. The fourth-order valence-corrected chi connectivity index (χ4v) is 4.29. The van der Waals surface area contributed by atoms with Gasteiger partial charge in [-0.05, 0) is 36.3 Å². The van der Waals surface area contributed by atoms with E-state index in [4.69, 9.17) is 4.74 Å². The van der Waals surface area contributed by atoms with Crippen LogP contribution in [0.3, 0.4) is 0 Å². The van der Waals surface area contributed by atoms with Crippen LogP contribution >= 0.6 is 0 Å². The Labute approximate surface area is 155 Å². The molecule has 138 valence electrons. The van der Waals surface area contributed by atoms with E-state index in [0.29, 0.717) is 17.7 Å². The summed E-state index contributed by atoms with van der Waals surface area (Å²) < 4.78 is 5.04. The second-order valence-corrected chi connectivity index (χ2v) is 8.13. The van der Waals surface area contributed by atoms with Crippen molar-refractivity contribution in [2.45, 2.75) is 52.9 Å². The van der Waals surface area contributed by atoms with E-state index in [0.717, 1.165) is 24.1 Å². The highest BCUT2D eigenvalue weighted by atomic mass is 16.5. The number of benzene rings is 1. The number of esters is 1. The molecule has 1 saturated carbocycles. The molecule has 0 saturated heterocycles. The maximum Gasteiger partial charge on any atom is 0.336 e. The summed E-state index contributed by atoms with van der Waals surface area (Å²) in [5.41, 5.74) is 4.20. The first kappa shape index (κ1) is 18.6. The molecule has 0 spiro atoms. The number of methoxy groups -OCH3 is 1. The van der Waals surface area contributed by atoms with Gasteiger partial charge in [-0.3, -0.25) is 9.79 Å². The normalized spacial score (nSPS) is 24.8. The van der Waals surface area contributed by atoms with Gasteiger partial charge in [-0.25, -0.2) is 4.79 Å². The molecule has 1 aliphatic carbocycles. The van der Waals surface area contributed by atoms with Crippen molar-refractivity contribution in [1.82, 2.24) is 0 Å². The quantitative estimate of drug-likeness (QED) is 0.764. The minimum Gasteiger partial charge on any atom is -0.466 e. The molecule has 0 radical (unpaired) electrons. The van der Waals surface area contributed by atoms with E-state index in [2.05, 4.69) is 37.9 Å². The molecule has 2 aliphatic rings. The zero-order valence-electron chi connectivity index (χ0n) is 16.3. The fourth-order valence-electron chi connectivity index (χ4n) is 4.29. The third kappa shape index (κ3) is 3.25. The van der Waals surface area contributed by atoms with Gasteiger partial charge in [0.05, 0.1) is 18.6 Å². The van der Waals surface area contributed by atoms with Crippen LogP contribution in [0.5, 0.6) is 0 Å². The van der Waals surface area contributed by atoms with Crippen molar-refractivity contribution in [3.05, 3.63) is 46.7 Å². The zero-order valence-corrected chi connectivity index (χ0v) is 16.3. The first-order chi connectivity index (χ1) is 12.3. The molecule has 1 unspecified atom stereocenters. The third-order valence-electron chi connectivity index (χ3n) is 5.52. The molecule has 1 aromatic rings. The summed E-state index contributed by atoms with van der Waals surface area (Å²) in [6.45, 7) is 8.15. The fraction of sp³-hybridized carbons (Fsp3) is 0.500. The number of aryl methyl sites for hydroxylation is 1. The van der Waals surface area contributed by atoms with Gasteiger partial charge < -0.3 is 4.74 Å². The Bertz CT molecular complexity index is 799. The Balaban J connectivity index is 2.15. The van der Waals surface area contributed by atoms with Crippen LogP contribution in [0, 0.1) is 11.3 Å². The zero-order chi connectivity index (χ0) is 19.1. The van der Waals surface area contributed by atoms with E-state index in [1.54, 1.807) is 0 Å². The molecule has 26 heavy (non-hydrogen) atoms. The molecule has 1 aromatic carbocycles. The molecule has 0 N–H and O–H groups in total. The number of fused-ring (bicyclic) bond motifs is 1. The number of Topliss-reactive ketones (excluding diaryl/α,β-unsaturated/α-hetero) is 1. The van der Waals surface area contributed by atoms with Crippen LogP contribution in [0.4, 0.5) is 0 Å². The van der Waals surface area contributed by atoms with Crippen molar-refractivity contribution < 1.29 is 14.3 Å². The van der Waals surface area contributed by atoms with E-state index in [1.807, 2.05) is 19.1 Å². The highest BCUT2D eigenvalue weighted by Crippen LogP contribution is 2.46. The smallest absolute Gasteiger partial charge is 0.336 e. The van der Waals surface area contributed by atoms with Gasteiger partial charge in [0, 0.05) is 23.7 Å². The Morgan fingerprint density at radius 1 is 1.19 bits per heavy atom. The number of hydrogen-bond acceptors (Lipinski definition) is 4. The lowest BCUT2D eigenvalue weighted by atomic mass is 9.63. The molecule has 3 rings (SSSR count). The first-order valence-corrected chi connectivity index (χ1v) is 9.25. The Morgan fingerprint density at radius 2 is 1.85 bits per heavy atom. The lowest BCUT2D eigenvalue weighted by molar-refractivity contribution is -0.136. The van der Waals surface area contributed by atoms with Gasteiger partial charge in [-0.2, -0.15) is 0 Å². The summed E-state index contributed by atoms with van der Waals surface area (Å²) in [4.78, 5) is 30.3. The van der Waals surface area contributed by atoms with Gasteiger partial charge in [0.1, 0.15) is 5.78 Å². The van der Waals surface area contributed by atoms with Crippen LogP contribution < -0.4 is 0 Å². The van der Waals surface area contributed by atoms with Crippen LogP contribution in [0.25, 0.3) is 0 Å². The molecule has 4 heteroatoms. The van der Waals surface area contributed by atoms with Crippen molar-refractivity contribution in [3.63, 3.8) is 0 Å². The van der Waals surface area contributed by atoms with E-state index < -0.39 is 5.97 Å². The Kier molecular flexibility index (Phi) is 4.87. The van der Waals surface area contributed by atoms with Crippen LogP contribution in [0.1, 0.15) is 57.6 Å². The van der Waals surface area contributed by atoms with Gasteiger partial charge in [-0.15, -0.1) is 0 Å². The molecule has 0 aromatic heterocycles. The predicted octanol–water partition coefficient (Wildman–Crippen LogP) is 4.24. The van der Waals surface area contributed by atoms with Crippen LogP contribution in [-0.4, -0.2) is 24.6 Å². The number of hydrogen-bond donors (Lipinski definition) is 0. The highest BCUT2D eigenvalue weighted by Gasteiger charge is 2.47. The second kappa shape index (κ2) is 6.82. The number of allylic oxidation sites excluding steroid dienone is 1. The number of carbonyl (C=O) groups excluding carboxylic acids is 2. The molecular weight excluding hydrogens is 326 g/mol. The summed E-state index contributed by atoms with van der Waals surface area (Å²) in [6.07, 6.45) is 2.24. The molecule has 1 heterocycles. The van der Waals surface area contributed by atoms with Gasteiger partial charge in [-0.1, -0.05) is 45.0 Å². The van der Waals surface area contributed by atoms with Crippen LogP contribution in [0.2, 0.25) is 0 Å². The van der Waals surface area contributed by atoms with Crippen molar-refractivity contribution in [2.75, 3.05) is 7.11 Å². The van der Waals surface area contributed by atoms with Crippen LogP contribution in [0.15, 0.2) is 40.5 Å². The number of carbonyl (C=O) groups is 2. The molecule has 0 amide bonds. The number of ether oxygens (including phenoxy) is 1. The van der Waals surface area contributed by atoms with Crippen molar-refractivity contribution >= 4 is 17.5 Å². The number of aliphatic imine (C=N–C) groups is 1. The molecule has 4 nitrogen and oxygen atoms in total. The summed E-state index contributed by atoms with van der Waals surface area (Å²) in [5.74, 6) is -0.913. The average Bonchev–Trinajstić information content (AvgIpc) is 2.59. The molecule has 1 aliphatic heterocycles. The summed E-state index contributed by atoms with van der Waals surface area (Å²) >= 11 is 0. The summed E-state index contributed by atoms with van der Waals surface area (Å²) in [6, 6.07) is 8.22. The number of rotatable bonds is 3. The molecule has 1 fully saturated rings. The van der Waals surface area contributed by atoms with Crippen LogP contribution in [-0.2, 0) is 20.7 Å². The van der Waals surface area contributed by atoms with E-state index in [-0.39, 0.29) is 23.0 Å². The highest BCUT2D eigenvalue weighted by molar-refractivity contribution is 6.12. The maximum atomic E-state index is 13.1.